The molecule has 0 spiro atoms. The molecule has 3 heterocycles. The summed E-state index contributed by atoms with van der Waals surface area (Å²) in [6.45, 7) is 2.62. The molecule has 1 aliphatic rings. The van der Waals surface area contributed by atoms with Crippen LogP contribution in [0.15, 0.2) is 42.6 Å². The van der Waals surface area contributed by atoms with E-state index >= 15 is 0 Å². The normalized spacial score (nSPS) is 15.9. The Balaban J connectivity index is 1.74. The van der Waals surface area contributed by atoms with Crippen LogP contribution in [0.3, 0.4) is 0 Å². The Kier molecular flexibility index (Phi) is 3.99. The van der Waals surface area contributed by atoms with E-state index in [2.05, 4.69) is 15.3 Å². The number of nitrogens with zero attached hydrogens (tertiary/aromatic N) is 1. The van der Waals surface area contributed by atoms with Crippen molar-refractivity contribution < 1.29 is 19.1 Å². The number of pyridine rings is 1. The number of carboxylic acid groups (broad SMARTS) is 1. The number of rotatable bonds is 3. The summed E-state index contributed by atoms with van der Waals surface area (Å²) in [5.41, 5.74) is 3.69. The number of carboxylic acids is 1. The topological polar surface area (TPSA) is 95.1 Å². The first-order chi connectivity index (χ1) is 12.9. The summed E-state index contributed by atoms with van der Waals surface area (Å²) in [6.07, 6.45) is 1.59. The monoisotopic (exact) mass is 365 g/mol. The predicted molar refractivity (Wildman–Crippen MR) is 97.1 cm³/mol. The van der Waals surface area contributed by atoms with Crippen molar-refractivity contribution in [3.05, 3.63) is 65.2 Å². The molecule has 0 fully saturated rings. The molecule has 6 nitrogen and oxygen atoms in total. The lowest BCUT2D eigenvalue weighted by atomic mass is 9.99. The van der Waals surface area contributed by atoms with Crippen LogP contribution < -0.4 is 5.32 Å². The van der Waals surface area contributed by atoms with Crippen LogP contribution >= 0.6 is 0 Å². The molecule has 1 atom stereocenters. The number of carbonyl (C=O) groups is 2. The summed E-state index contributed by atoms with van der Waals surface area (Å²) < 4.78 is 14.0. The zero-order valence-corrected chi connectivity index (χ0v) is 14.4. The zero-order chi connectivity index (χ0) is 19.1. The Labute approximate surface area is 154 Å². The largest absolute Gasteiger partial charge is 0.478 e. The summed E-state index contributed by atoms with van der Waals surface area (Å²) in [6, 6.07) is 9.27. The Morgan fingerprint density at radius 1 is 1.22 bits per heavy atom. The number of H-pyrrole nitrogens is 1. The molecule has 2 aromatic heterocycles. The molecule has 3 aromatic rings. The molecule has 3 N–H and O–H groups in total. The van der Waals surface area contributed by atoms with Crippen LogP contribution in [0.1, 0.15) is 39.3 Å². The van der Waals surface area contributed by atoms with Crippen LogP contribution in [0, 0.1) is 5.82 Å². The summed E-state index contributed by atoms with van der Waals surface area (Å²) >= 11 is 0. The first-order valence-corrected chi connectivity index (χ1v) is 8.45. The van der Waals surface area contributed by atoms with Crippen molar-refractivity contribution in [3.63, 3.8) is 0 Å². The van der Waals surface area contributed by atoms with Gasteiger partial charge in [0.2, 0.25) is 0 Å². The average molecular weight is 365 g/mol. The highest BCUT2D eigenvalue weighted by Crippen LogP contribution is 2.30. The number of hydrogen-bond acceptors (Lipinski definition) is 3. The minimum absolute atomic E-state index is 0.105. The first kappa shape index (κ1) is 17.0. The highest BCUT2D eigenvalue weighted by atomic mass is 19.1. The number of benzene rings is 1. The summed E-state index contributed by atoms with van der Waals surface area (Å²) in [5.74, 6) is -2.05. The molecule has 0 aliphatic carbocycles. The van der Waals surface area contributed by atoms with Crippen LogP contribution in [0.5, 0.6) is 0 Å². The lowest BCUT2D eigenvalue weighted by Gasteiger charge is -2.18. The molecule has 0 saturated heterocycles. The molecule has 136 valence electrons. The van der Waals surface area contributed by atoms with Gasteiger partial charge in [-0.2, -0.15) is 0 Å². The maximum atomic E-state index is 14.0. The third-order valence-electron chi connectivity index (χ3n) is 4.72. The van der Waals surface area contributed by atoms with Crippen LogP contribution in [-0.4, -0.2) is 33.5 Å². The predicted octanol–water partition coefficient (Wildman–Crippen LogP) is 3.43. The van der Waals surface area contributed by atoms with Crippen molar-refractivity contribution in [1.82, 2.24) is 15.3 Å². The maximum Gasteiger partial charge on any atom is 0.338 e. The molecule has 27 heavy (non-hydrogen) atoms. The van der Waals surface area contributed by atoms with Crippen molar-refractivity contribution in [2.75, 3.05) is 6.54 Å². The van der Waals surface area contributed by atoms with Crippen molar-refractivity contribution in [3.8, 4) is 22.5 Å². The summed E-state index contributed by atoms with van der Waals surface area (Å²) in [4.78, 5) is 30.6. The third-order valence-corrected chi connectivity index (χ3v) is 4.72. The fraction of sp³-hybridized carbons (Fsp3) is 0.150. The van der Waals surface area contributed by atoms with E-state index in [4.69, 9.17) is 5.11 Å². The standard InChI is InChI=1S/C20H16FN3O3/c1-10-9-23-19(25)14-8-17(24-18(10)14)12-4-5-22-16(7-12)11-2-3-13(20(26)27)15(21)6-11/h2-8,10,24H,9H2,1H3,(H,23,25)(H,26,27). The third kappa shape index (κ3) is 2.97. The smallest absolute Gasteiger partial charge is 0.338 e. The Bertz CT molecular complexity index is 1070. The van der Waals surface area contributed by atoms with Crippen LogP contribution in [0.4, 0.5) is 4.39 Å². The van der Waals surface area contributed by atoms with Crippen molar-refractivity contribution in [2.24, 2.45) is 0 Å². The van der Waals surface area contributed by atoms with Gasteiger partial charge in [0.25, 0.3) is 5.91 Å². The van der Waals surface area contributed by atoms with Crippen LogP contribution in [0.25, 0.3) is 22.5 Å². The van der Waals surface area contributed by atoms with Crippen LogP contribution in [-0.2, 0) is 0 Å². The molecule has 0 bridgehead atoms. The summed E-state index contributed by atoms with van der Waals surface area (Å²) in [5, 5.41) is 11.8. The van der Waals surface area contributed by atoms with Gasteiger partial charge >= 0.3 is 5.97 Å². The van der Waals surface area contributed by atoms with E-state index in [1.165, 1.54) is 12.1 Å². The van der Waals surface area contributed by atoms with Crippen molar-refractivity contribution in [2.45, 2.75) is 12.8 Å². The minimum Gasteiger partial charge on any atom is -0.478 e. The first-order valence-electron chi connectivity index (χ1n) is 8.45. The van der Waals surface area contributed by atoms with Crippen LogP contribution in [0.2, 0.25) is 0 Å². The van der Waals surface area contributed by atoms with E-state index in [-0.39, 0.29) is 17.4 Å². The zero-order valence-electron chi connectivity index (χ0n) is 14.4. The number of aromatic nitrogens is 2. The SMILES string of the molecule is CC1CNC(=O)c2cc(-c3ccnc(-c4ccc(C(=O)O)c(F)c4)c3)[nH]c21. The lowest BCUT2D eigenvalue weighted by molar-refractivity contribution is 0.0691. The Morgan fingerprint density at radius 2 is 2.04 bits per heavy atom. The molecular weight excluding hydrogens is 349 g/mol. The number of hydrogen-bond donors (Lipinski definition) is 3. The molecule has 7 heteroatoms. The van der Waals surface area contributed by atoms with E-state index in [1.54, 1.807) is 24.4 Å². The van der Waals surface area contributed by atoms with Gasteiger partial charge in [0.15, 0.2) is 0 Å². The molecule has 0 saturated carbocycles. The number of aromatic carboxylic acids is 1. The van der Waals surface area contributed by atoms with E-state index in [0.29, 0.717) is 23.4 Å². The summed E-state index contributed by atoms with van der Waals surface area (Å²) in [7, 11) is 0. The van der Waals surface area contributed by atoms with E-state index in [0.717, 1.165) is 23.0 Å². The molecule has 1 aliphatic heterocycles. The number of aromatic amines is 1. The number of nitrogens with one attached hydrogen (secondary N) is 2. The van der Waals surface area contributed by atoms with Gasteiger partial charge in [-0.3, -0.25) is 9.78 Å². The second-order valence-corrected chi connectivity index (χ2v) is 6.55. The lowest BCUT2D eigenvalue weighted by Crippen LogP contribution is -2.33. The van der Waals surface area contributed by atoms with E-state index in [9.17, 15) is 14.0 Å². The van der Waals surface area contributed by atoms with Gasteiger partial charge in [0, 0.05) is 41.2 Å². The molecule has 1 aromatic carbocycles. The number of amides is 1. The van der Waals surface area contributed by atoms with Gasteiger partial charge in [-0.1, -0.05) is 13.0 Å². The van der Waals surface area contributed by atoms with E-state index in [1.807, 2.05) is 6.92 Å². The second kappa shape index (κ2) is 6.35. The number of fused-ring (bicyclic) bond motifs is 1. The Morgan fingerprint density at radius 3 is 2.74 bits per heavy atom. The molecule has 1 unspecified atom stereocenters. The van der Waals surface area contributed by atoms with Crippen molar-refractivity contribution >= 4 is 11.9 Å². The molecule has 4 rings (SSSR count). The quantitative estimate of drug-likeness (QED) is 0.663. The van der Waals surface area contributed by atoms with Gasteiger partial charge in [-0.25, -0.2) is 9.18 Å². The number of carbonyl (C=O) groups excluding carboxylic acids is 1. The highest BCUT2D eigenvalue weighted by Gasteiger charge is 2.25. The van der Waals surface area contributed by atoms with Gasteiger partial charge in [0.05, 0.1) is 16.8 Å². The fourth-order valence-corrected chi connectivity index (χ4v) is 3.25. The van der Waals surface area contributed by atoms with Gasteiger partial charge in [-0.15, -0.1) is 0 Å². The fourth-order valence-electron chi connectivity index (χ4n) is 3.25. The molecule has 1 amide bonds. The molecular formula is C20H16FN3O3. The van der Waals surface area contributed by atoms with Crippen molar-refractivity contribution in [1.29, 1.82) is 0 Å². The number of halogens is 1. The average Bonchev–Trinajstić information content (AvgIpc) is 3.11. The van der Waals surface area contributed by atoms with Gasteiger partial charge in [0.1, 0.15) is 5.82 Å². The second-order valence-electron chi connectivity index (χ2n) is 6.55. The maximum absolute atomic E-state index is 14.0. The van der Waals surface area contributed by atoms with Gasteiger partial charge in [-0.05, 0) is 30.3 Å². The minimum atomic E-state index is -1.31. The van der Waals surface area contributed by atoms with Gasteiger partial charge < -0.3 is 15.4 Å². The molecule has 0 radical (unpaired) electrons. The van der Waals surface area contributed by atoms with E-state index < -0.39 is 11.8 Å². The highest BCUT2D eigenvalue weighted by molar-refractivity contribution is 5.98. The Hall–Kier alpha value is -3.48.